The fourth-order valence-electron chi connectivity index (χ4n) is 1.52. The predicted octanol–water partition coefficient (Wildman–Crippen LogP) is 1.42. The van der Waals surface area contributed by atoms with Gasteiger partial charge in [0.2, 0.25) is 5.89 Å². The average molecular weight is 282 g/mol. The smallest absolute Gasteiger partial charge is 0.313 e. The van der Waals surface area contributed by atoms with E-state index in [0.29, 0.717) is 23.4 Å². The van der Waals surface area contributed by atoms with Gasteiger partial charge in [0.1, 0.15) is 18.1 Å². The highest BCUT2D eigenvalue weighted by atomic mass is 32.2. The Labute approximate surface area is 114 Å². The summed E-state index contributed by atoms with van der Waals surface area (Å²) in [5.74, 6) is 1.10. The molecule has 0 radical (unpaired) electrons. The molecule has 0 amide bonds. The van der Waals surface area contributed by atoms with Crippen LogP contribution in [-0.4, -0.2) is 36.6 Å². The van der Waals surface area contributed by atoms with Crippen LogP contribution in [-0.2, 0) is 11.3 Å². The van der Waals surface area contributed by atoms with Gasteiger partial charge in [0, 0.05) is 0 Å². The van der Waals surface area contributed by atoms with E-state index in [2.05, 4.69) is 15.2 Å². The van der Waals surface area contributed by atoms with Gasteiger partial charge in [-0.3, -0.25) is 9.36 Å². The number of carbonyl (C=O) groups is 1. The number of hydrogen-bond acceptors (Lipinski definition) is 6. The van der Waals surface area contributed by atoms with Crippen molar-refractivity contribution in [2.24, 2.45) is 0 Å². The van der Waals surface area contributed by atoms with Crippen molar-refractivity contribution in [3.63, 3.8) is 0 Å². The highest BCUT2D eigenvalue weighted by Gasteiger charge is 2.14. The molecular formula is C11H14N4O3S. The number of aryl methyl sites for hydroxylation is 3. The number of carboxylic acid groups (broad SMARTS) is 1. The van der Waals surface area contributed by atoms with E-state index < -0.39 is 5.97 Å². The van der Waals surface area contributed by atoms with Crippen LogP contribution in [0.5, 0.6) is 0 Å². The van der Waals surface area contributed by atoms with Crippen LogP contribution in [0.3, 0.4) is 0 Å². The van der Waals surface area contributed by atoms with E-state index in [1.165, 1.54) is 0 Å². The lowest BCUT2D eigenvalue weighted by atomic mass is 10.4. The molecule has 2 heterocycles. The Balaban J connectivity index is 2.19. The normalized spacial score (nSPS) is 10.9. The topological polar surface area (TPSA) is 94.0 Å². The molecular weight excluding hydrogens is 268 g/mol. The predicted molar refractivity (Wildman–Crippen MR) is 68.2 cm³/mol. The summed E-state index contributed by atoms with van der Waals surface area (Å²) < 4.78 is 7.30. The van der Waals surface area contributed by atoms with Gasteiger partial charge in [-0.25, -0.2) is 4.98 Å². The summed E-state index contributed by atoms with van der Waals surface area (Å²) >= 11 is 1.13. The molecule has 102 valence electrons. The number of aromatic nitrogens is 4. The van der Waals surface area contributed by atoms with Crippen LogP contribution in [0.1, 0.15) is 23.2 Å². The number of carboxylic acids is 1. The van der Waals surface area contributed by atoms with E-state index in [9.17, 15) is 4.79 Å². The number of hydrogen-bond donors (Lipinski definition) is 1. The zero-order valence-corrected chi connectivity index (χ0v) is 11.7. The third-order valence-electron chi connectivity index (χ3n) is 2.59. The Bertz CT molecular complexity index is 586. The van der Waals surface area contributed by atoms with Crippen LogP contribution < -0.4 is 0 Å². The van der Waals surface area contributed by atoms with E-state index in [-0.39, 0.29) is 5.75 Å². The van der Waals surface area contributed by atoms with E-state index >= 15 is 0 Å². The Morgan fingerprint density at radius 1 is 1.37 bits per heavy atom. The molecule has 0 aliphatic rings. The van der Waals surface area contributed by atoms with Crippen LogP contribution in [0.4, 0.5) is 0 Å². The Kier molecular flexibility index (Phi) is 3.89. The molecule has 0 saturated heterocycles. The molecule has 0 saturated carbocycles. The Hall–Kier alpha value is -1.83. The molecule has 0 atom stereocenters. The Morgan fingerprint density at radius 3 is 2.68 bits per heavy atom. The zero-order chi connectivity index (χ0) is 14.0. The standard InChI is InChI=1S/C11H14N4O3S/c1-6-7(2)18-9(12-6)4-15-8(3)13-14-11(15)19-5-10(16)17/h4-5H2,1-3H3,(H,16,17). The minimum Gasteiger partial charge on any atom is -0.481 e. The van der Waals surface area contributed by atoms with Crippen molar-refractivity contribution in [2.75, 3.05) is 5.75 Å². The van der Waals surface area contributed by atoms with Crippen molar-refractivity contribution in [1.82, 2.24) is 19.7 Å². The maximum Gasteiger partial charge on any atom is 0.313 e. The highest BCUT2D eigenvalue weighted by Crippen LogP contribution is 2.19. The summed E-state index contributed by atoms with van der Waals surface area (Å²) in [5, 5.41) is 17.1. The van der Waals surface area contributed by atoms with Crippen molar-refractivity contribution in [1.29, 1.82) is 0 Å². The largest absolute Gasteiger partial charge is 0.481 e. The summed E-state index contributed by atoms with van der Waals surface area (Å²) in [6, 6.07) is 0. The van der Waals surface area contributed by atoms with Gasteiger partial charge in [-0.15, -0.1) is 10.2 Å². The van der Waals surface area contributed by atoms with Crippen molar-refractivity contribution in [3.8, 4) is 0 Å². The van der Waals surface area contributed by atoms with Crippen LogP contribution >= 0.6 is 11.8 Å². The van der Waals surface area contributed by atoms with E-state index in [0.717, 1.165) is 23.2 Å². The molecule has 0 aliphatic heterocycles. The third-order valence-corrected chi connectivity index (χ3v) is 3.54. The highest BCUT2D eigenvalue weighted by molar-refractivity contribution is 7.99. The summed E-state index contributed by atoms with van der Waals surface area (Å²) in [5.41, 5.74) is 0.848. The fraction of sp³-hybridized carbons (Fsp3) is 0.455. The number of rotatable bonds is 5. The number of nitrogens with zero attached hydrogens (tertiary/aromatic N) is 4. The van der Waals surface area contributed by atoms with Crippen LogP contribution in [0.2, 0.25) is 0 Å². The van der Waals surface area contributed by atoms with Gasteiger partial charge in [-0.1, -0.05) is 11.8 Å². The van der Waals surface area contributed by atoms with Crippen molar-refractivity contribution in [3.05, 3.63) is 23.2 Å². The van der Waals surface area contributed by atoms with E-state index in [4.69, 9.17) is 9.52 Å². The van der Waals surface area contributed by atoms with Gasteiger partial charge in [0.15, 0.2) is 5.16 Å². The molecule has 0 spiro atoms. The molecule has 0 aliphatic carbocycles. The van der Waals surface area contributed by atoms with Crippen molar-refractivity contribution < 1.29 is 14.3 Å². The lowest BCUT2D eigenvalue weighted by molar-refractivity contribution is -0.133. The Morgan fingerprint density at radius 2 is 2.11 bits per heavy atom. The second-order valence-electron chi connectivity index (χ2n) is 4.05. The second kappa shape index (κ2) is 5.43. The maximum atomic E-state index is 10.6. The van der Waals surface area contributed by atoms with Gasteiger partial charge < -0.3 is 9.52 Å². The second-order valence-corrected chi connectivity index (χ2v) is 4.99. The summed E-state index contributed by atoms with van der Waals surface area (Å²) in [6.45, 7) is 5.93. The molecule has 7 nitrogen and oxygen atoms in total. The molecule has 8 heteroatoms. The first-order valence-corrected chi connectivity index (χ1v) is 6.63. The van der Waals surface area contributed by atoms with Gasteiger partial charge in [-0.05, 0) is 20.8 Å². The van der Waals surface area contributed by atoms with Gasteiger partial charge in [0.05, 0.1) is 11.4 Å². The first kappa shape index (κ1) is 13.6. The van der Waals surface area contributed by atoms with Crippen molar-refractivity contribution in [2.45, 2.75) is 32.5 Å². The van der Waals surface area contributed by atoms with Gasteiger partial charge in [-0.2, -0.15) is 0 Å². The quantitative estimate of drug-likeness (QED) is 0.828. The molecule has 19 heavy (non-hydrogen) atoms. The minimum absolute atomic E-state index is 0.0538. The number of aliphatic carboxylic acids is 1. The first-order valence-electron chi connectivity index (χ1n) is 5.64. The minimum atomic E-state index is -0.889. The van der Waals surface area contributed by atoms with E-state index in [1.807, 2.05) is 13.8 Å². The summed E-state index contributed by atoms with van der Waals surface area (Å²) in [4.78, 5) is 14.9. The van der Waals surface area contributed by atoms with Gasteiger partial charge >= 0.3 is 5.97 Å². The monoisotopic (exact) mass is 282 g/mol. The molecule has 2 rings (SSSR count). The first-order chi connectivity index (χ1) is 8.97. The molecule has 1 N–H and O–H groups in total. The van der Waals surface area contributed by atoms with Gasteiger partial charge in [0.25, 0.3) is 0 Å². The fourth-order valence-corrected chi connectivity index (χ4v) is 2.22. The summed E-state index contributed by atoms with van der Waals surface area (Å²) in [7, 11) is 0. The molecule has 0 aromatic carbocycles. The zero-order valence-electron chi connectivity index (χ0n) is 10.9. The van der Waals surface area contributed by atoms with E-state index in [1.54, 1.807) is 11.5 Å². The molecule has 0 fully saturated rings. The lowest BCUT2D eigenvalue weighted by Crippen LogP contribution is -2.06. The lowest BCUT2D eigenvalue weighted by Gasteiger charge is -2.04. The number of thioether (sulfide) groups is 1. The van der Waals surface area contributed by atoms with Crippen LogP contribution in [0.25, 0.3) is 0 Å². The summed E-state index contributed by atoms with van der Waals surface area (Å²) in [6.07, 6.45) is 0. The van der Waals surface area contributed by atoms with Crippen LogP contribution in [0, 0.1) is 20.8 Å². The molecule has 2 aromatic rings. The maximum absolute atomic E-state index is 10.6. The molecule has 0 bridgehead atoms. The average Bonchev–Trinajstić information content (AvgIpc) is 2.83. The molecule has 2 aromatic heterocycles. The molecule has 0 unspecified atom stereocenters. The van der Waals surface area contributed by atoms with Crippen LogP contribution in [0.15, 0.2) is 9.57 Å². The van der Waals surface area contributed by atoms with Crippen molar-refractivity contribution >= 4 is 17.7 Å². The third kappa shape index (κ3) is 3.14. The SMILES string of the molecule is Cc1nc(Cn2c(C)nnc2SCC(=O)O)oc1C. The number of oxazole rings is 1.